The number of carbonyl (C=O) groups excluding carboxylic acids is 2. The van der Waals surface area contributed by atoms with Crippen LogP contribution in [0.4, 0.5) is 4.79 Å². The van der Waals surface area contributed by atoms with Crippen molar-refractivity contribution in [3.63, 3.8) is 0 Å². The molecular formula is C22H29N3O4. The Morgan fingerprint density at radius 2 is 1.62 bits per heavy atom. The Kier molecular flexibility index (Phi) is 5.65. The number of ether oxygens (including phenoxy) is 1. The first-order valence-electron chi connectivity index (χ1n) is 10.6. The molecule has 7 heteroatoms. The maximum atomic E-state index is 13.1. The maximum Gasteiger partial charge on any atom is 0.320 e. The predicted octanol–water partition coefficient (Wildman–Crippen LogP) is 3.50. The number of urea groups is 1. The first kappa shape index (κ1) is 19.6. The molecule has 0 N–H and O–H groups in total. The Balaban J connectivity index is 1.43. The Morgan fingerprint density at radius 3 is 2.31 bits per heavy atom. The summed E-state index contributed by atoms with van der Waals surface area (Å²) in [4.78, 5) is 31.3. The quantitative estimate of drug-likeness (QED) is 0.792. The number of rotatable bonds is 3. The molecule has 2 aliphatic heterocycles. The lowest BCUT2D eigenvalue weighted by atomic mass is 10.1. The number of carbonyl (C=O) groups is 2. The number of furan rings is 1. The molecule has 0 radical (unpaired) electrons. The average Bonchev–Trinajstić information content (AvgIpc) is 3.10. The van der Waals surface area contributed by atoms with Gasteiger partial charge in [-0.05, 0) is 51.3 Å². The largest absolute Gasteiger partial charge is 0.494 e. The van der Waals surface area contributed by atoms with E-state index in [0.717, 1.165) is 42.6 Å². The number of likely N-dealkylation sites (tertiary alicyclic amines) is 1. The van der Waals surface area contributed by atoms with E-state index in [-0.39, 0.29) is 11.9 Å². The minimum atomic E-state index is -0.110. The fourth-order valence-electron chi connectivity index (χ4n) is 4.19. The van der Waals surface area contributed by atoms with Gasteiger partial charge in [-0.2, -0.15) is 0 Å². The van der Waals surface area contributed by atoms with Crippen molar-refractivity contribution in [2.24, 2.45) is 0 Å². The van der Waals surface area contributed by atoms with Gasteiger partial charge in [0, 0.05) is 50.2 Å². The highest BCUT2D eigenvalue weighted by molar-refractivity contribution is 5.99. The zero-order chi connectivity index (χ0) is 20.4. The summed E-state index contributed by atoms with van der Waals surface area (Å²) in [6.45, 7) is 8.32. The molecule has 4 rings (SSSR count). The van der Waals surface area contributed by atoms with Crippen molar-refractivity contribution in [2.45, 2.75) is 33.1 Å². The van der Waals surface area contributed by atoms with Gasteiger partial charge in [0.25, 0.3) is 5.91 Å². The molecule has 1 aromatic heterocycles. The van der Waals surface area contributed by atoms with Crippen LogP contribution in [0.25, 0.3) is 11.0 Å². The Hall–Kier alpha value is -2.70. The van der Waals surface area contributed by atoms with Crippen LogP contribution in [0.15, 0.2) is 22.6 Å². The summed E-state index contributed by atoms with van der Waals surface area (Å²) in [6.07, 6.45) is 3.37. The van der Waals surface area contributed by atoms with Crippen molar-refractivity contribution in [1.29, 1.82) is 0 Å². The Labute approximate surface area is 171 Å². The van der Waals surface area contributed by atoms with Crippen molar-refractivity contribution in [3.05, 3.63) is 29.5 Å². The number of hydrogen-bond donors (Lipinski definition) is 0. The highest BCUT2D eigenvalue weighted by Crippen LogP contribution is 2.30. The molecule has 3 amide bonds. The van der Waals surface area contributed by atoms with Gasteiger partial charge in [-0.3, -0.25) is 4.79 Å². The molecule has 1 aromatic carbocycles. The van der Waals surface area contributed by atoms with Gasteiger partial charge in [0.15, 0.2) is 5.76 Å². The average molecular weight is 399 g/mol. The lowest BCUT2D eigenvalue weighted by Crippen LogP contribution is -2.54. The third-order valence-electron chi connectivity index (χ3n) is 5.88. The van der Waals surface area contributed by atoms with E-state index in [9.17, 15) is 9.59 Å². The molecule has 0 saturated carbocycles. The monoisotopic (exact) mass is 399 g/mol. The molecule has 2 aliphatic rings. The van der Waals surface area contributed by atoms with Crippen LogP contribution in [0.2, 0.25) is 0 Å². The van der Waals surface area contributed by atoms with Gasteiger partial charge in [-0.1, -0.05) is 0 Å². The molecule has 29 heavy (non-hydrogen) atoms. The van der Waals surface area contributed by atoms with Crippen molar-refractivity contribution < 1.29 is 18.7 Å². The SMILES string of the molecule is CCOc1ccc2oc(C(=O)N3CCN(C(=O)N4CCCCC4)CC3)c(C)c2c1. The number of benzene rings is 1. The van der Waals surface area contributed by atoms with E-state index in [2.05, 4.69) is 0 Å². The number of aryl methyl sites for hydroxylation is 1. The lowest BCUT2D eigenvalue weighted by molar-refractivity contribution is 0.0605. The minimum absolute atomic E-state index is 0.110. The van der Waals surface area contributed by atoms with Crippen LogP contribution in [0, 0.1) is 6.92 Å². The van der Waals surface area contributed by atoms with Crippen molar-refractivity contribution >= 4 is 22.9 Å². The second kappa shape index (κ2) is 8.35. The third kappa shape index (κ3) is 3.91. The number of fused-ring (bicyclic) bond motifs is 1. The summed E-state index contributed by atoms with van der Waals surface area (Å²) in [5.74, 6) is 1.04. The fourth-order valence-corrected chi connectivity index (χ4v) is 4.19. The summed E-state index contributed by atoms with van der Waals surface area (Å²) in [5.41, 5.74) is 1.52. The molecule has 0 bridgehead atoms. The van der Waals surface area contributed by atoms with Gasteiger partial charge in [0.2, 0.25) is 0 Å². The van der Waals surface area contributed by atoms with Crippen molar-refractivity contribution in [1.82, 2.24) is 14.7 Å². The van der Waals surface area contributed by atoms with Crippen LogP contribution in [0.1, 0.15) is 42.3 Å². The first-order valence-corrected chi connectivity index (χ1v) is 10.6. The summed E-state index contributed by atoms with van der Waals surface area (Å²) >= 11 is 0. The number of amides is 3. The van der Waals surface area contributed by atoms with Gasteiger partial charge in [0.1, 0.15) is 11.3 Å². The number of hydrogen-bond acceptors (Lipinski definition) is 4. The van der Waals surface area contributed by atoms with E-state index in [1.807, 2.05) is 41.8 Å². The lowest BCUT2D eigenvalue weighted by Gasteiger charge is -2.38. The Morgan fingerprint density at radius 1 is 0.966 bits per heavy atom. The molecule has 156 valence electrons. The topological polar surface area (TPSA) is 66.2 Å². The minimum Gasteiger partial charge on any atom is -0.494 e. The zero-order valence-corrected chi connectivity index (χ0v) is 17.3. The van der Waals surface area contributed by atoms with E-state index in [0.29, 0.717) is 44.1 Å². The first-order chi connectivity index (χ1) is 14.1. The van der Waals surface area contributed by atoms with E-state index in [4.69, 9.17) is 9.15 Å². The van der Waals surface area contributed by atoms with Crippen molar-refractivity contribution in [2.75, 3.05) is 45.9 Å². The van der Waals surface area contributed by atoms with Gasteiger partial charge < -0.3 is 23.9 Å². The second-order valence-electron chi connectivity index (χ2n) is 7.76. The molecular weight excluding hydrogens is 370 g/mol. The van der Waals surface area contributed by atoms with E-state index in [1.165, 1.54) is 6.42 Å². The van der Waals surface area contributed by atoms with Crippen LogP contribution in [-0.2, 0) is 0 Å². The molecule has 7 nitrogen and oxygen atoms in total. The van der Waals surface area contributed by atoms with Crippen LogP contribution < -0.4 is 4.74 Å². The number of nitrogens with zero attached hydrogens (tertiary/aromatic N) is 3. The van der Waals surface area contributed by atoms with Crippen LogP contribution in [0.3, 0.4) is 0 Å². The predicted molar refractivity (Wildman–Crippen MR) is 110 cm³/mol. The molecule has 0 unspecified atom stereocenters. The van der Waals surface area contributed by atoms with Crippen LogP contribution in [0.5, 0.6) is 5.75 Å². The number of piperidine rings is 1. The van der Waals surface area contributed by atoms with E-state index >= 15 is 0 Å². The molecule has 2 saturated heterocycles. The van der Waals surface area contributed by atoms with Crippen LogP contribution in [-0.4, -0.2) is 72.5 Å². The second-order valence-corrected chi connectivity index (χ2v) is 7.76. The third-order valence-corrected chi connectivity index (χ3v) is 5.88. The summed E-state index contributed by atoms with van der Waals surface area (Å²) in [6, 6.07) is 5.73. The van der Waals surface area contributed by atoms with Gasteiger partial charge in [0.05, 0.1) is 6.61 Å². The summed E-state index contributed by atoms with van der Waals surface area (Å²) in [7, 11) is 0. The molecule has 3 heterocycles. The fraction of sp³-hybridized carbons (Fsp3) is 0.545. The van der Waals surface area contributed by atoms with Crippen LogP contribution >= 0.6 is 0 Å². The maximum absolute atomic E-state index is 13.1. The summed E-state index contributed by atoms with van der Waals surface area (Å²) in [5, 5.41) is 0.901. The molecule has 0 atom stereocenters. The summed E-state index contributed by atoms with van der Waals surface area (Å²) < 4.78 is 11.4. The van der Waals surface area contributed by atoms with E-state index < -0.39 is 0 Å². The normalized spacial score (nSPS) is 17.7. The standard InChI is InChI=1S/C22H29N3O4/c1-3-28-17-7-8-19-18(15-17)16(2)20(29-19)21(26)23-11-13-25(14-12-23)22(27)24-9-5-4-6-10-24/h7-8,15H,3-6,9-14H2,1-2H3. The van der Waals surface area contributed by atoms with Gasteiger partial charge in [-0.25, -0.2) is 4.79 Å². The highest BCUT2D eigenvalue weighted by atomic mass is 16.5. The molecule has 2 aromatic rings. The molecule has 0 aliphatic carbocycles. The highest BCUT2D eigenvalue weighted by Gasteiger charge is 2.30. The Bertz CT molecular complexity index is 893. The van der Waals surface area contributed by atoms with Gasteiger partial charge >= 0.3 is 6.03 Å². The zero-order valence-electron chi connectivity index (χ0n) is 17.3. The molecule has 2 fully saturated rings. The smallest absolute Gasteiger partial charge is 0.320 e. The number of piperazine rings is 1. The van der Waals surface area contributed by atoms with Crippen molar-refractivity contribution in [3.8, 4) is 5.75 Å². The molecule has 0 spiro atoms. The van der Waals surface area contributed by atoms with Gasteiger partial charge in [-0.15, -0.1) is 0 Å². The van der Waals surface area contributed by atoms with E-state index in [1.54, 1.807) is 4.90 Å².